The molecule has 1 aromatic carbocycles. The number of aliphatic hydroxyl groups is 1. The second-order valence-corrected chi connectivity index (χ2v) is 10.7. The van der Waals surface area contributed by atoms with E-state index in [1.165, 1.54) is 10.4 Å². The Morgan fingerprint density at radius 2 is 1.84 bits per heavy atom. The normalized spacial score (nSPS) is 17.0. The van der Waals surface area contributed by atoms with E-state index in [2.05, 4.69) is 33.9 Å². The Hall–Kier alpha value is -2.06. The summed E-state index contributed by atoms with van der Waals surface area (Å²) >= 11 is 7.87. The number of aliphatic hydroxyl groups excluding tert-OH is 1. The van der Waals surface area contributed by atoms with Crippen molar-refractivity contribution in [3.8, 4) is 5.00 Å². The minimum Gasteiger partial charge on any atom is -0.379 e. The molecule has 2 atom stereocenters. The summed E-state index contributed by atoms with van der Waals surface area (Å²) in [6.07, 6.45) is -0.343. The van der Waals surface area contributed by atoms with E-state index in [1.54, 1.807) is 11.3 Å². The van der Waals surface area contributed by atoms with Gasteiger partial charge < -0.3 is 5.11 Å². The van der Waals surface area contributed by atoms with Crippen LogP contribution in [0.1, 0.15) is 66.5 Å². The number of aliphatic imine (C=N–C) groups is 1. The zero-order valence-electron chi connectivity index (χ0n) is 18.7. The van der Waals surface area contributed by atoms with Crippen LogP contribution in [0.3, 0.4) is 0 Å². The van der Waals surface area contributed by atoms with E-state index < -0.39 is 6.23 Å². The lowest BCUT2D eigenvalue weighted by Crippen LogP contribution is -2.44. The van der Waals surface area contributed by atoms with Crippen LogP contribution in [0.4, 0.5) is 0 Å². The first-order valence-corrected chi connectivity index (χ1v) is 11.6. The first kappa shape index (κ1) is 22.1. The van der Waals surface area contributed by atoms with Gasteiger partial charge in [-0.25, -0.2) is 0 Å². The molecule has 0 amide bonds. The molecule has 0 aliphatic carbocycles. The standard InChI is InChI=1S/C23H28ClN5OS/c1-12-13(2)31-22-19(12)20(15-7-9-16(24)10-8-15)25-17(11-18(30)26-23(4,5)6)21-28-27-14(3)29(21)22/h7-10,17-18,26,30H,11H2,1-6H3/t17-,18?/m0/s1. The zero-order valence-corrected chi connectivity index (χ0v) is 20.3. The third-order valence-corrected chi connectivity index (χ3v) is 6.85. The van der Waals surface area contributed by atoms with Crippen LogP contribution >= 0.6 is 22.9 Å². The van der Waals surface area contributed by atoms with Crippen LogP contribution in [0.25, 0.3) is 5.00 Å². The Balaban J connectivity index is 1.90. The lowest BCUT2D eigenvalue weighted by molar-refractivity contribution is 0.0903. The van der Waals surface area contributed by atoms with Gasteiger partial charge in [0.1, 0.15) is 23.1 Å². The van der Waals surface area contributed by atoms with Crippen molar-refractivity contribution in [2.24, 2.45) is 4.99 Å². The van der Waals surface area contributed by atoms with Crippen LogP contribution in [-0.2, 0) is 0 Å². The van der Waals surface area contributed by atoms with Crippen molar-refractivity contribution in [2.45, 2.75) is 65.8 Å². The van der Waals surface area contributed by atoms with Crippen LogP contribution in [-0.4, -0.2) is 37.3 Å². The molecule has 0 fully saturated rings. The van der Waals surface area contributed by atoms with Gasteiger partial charge in [0.25, 0.3) is 0 Å². The molecule has 0 bridgehead atoms. The van der Waals surface area contributed by atoms with Crippen LogP contribution in [0, 0.1) is 20.8 Å². The smallest absolute Gasteiger partial charge is 0.163 e. The van der Waals surface area contributed by atoms with E-state index in [-0.39, 0.29) is 11.6 Å². The van der Waals surface area contributed by atoms with Gasteiger partial charge in [0, 0.05) is 33.0 Å². The van der Waals surface area contributed by atoms with E-state index in [4.69, 9.17) is 16.6 Å². The highest BCUT2D eigenvalue weighted by molar-refractivity contribution is 7.15. The zero-order chi connectivity index (χ0) is 22.5. The lowest BCUT2D eigenvalue weighted by atomic mass is 9.99. The molecule has 6 nitrogen and oxygen atoms in total. The number of nitrogens with zero attached hydrogens (tertiary/aromatic N) is 4. The molecular weight excluding hydrogens is 430 g/mol. The Morgan fingerprint density at radius 3 is 2.48 bits per heavy atom. The summed E-state index contributed by atoms with van der Waals surface area (Å²) in [6, 6.07) is 7.41. The topological polar surface area (TPSA) is 75.3 Å². The highest BCUT2D eigenvalue weighted by Crippen LogP contribution is 2.39. The predicted molar refractivity (Wildman–Crippen MR) is 127 cm³/mol. The van der Waals surface area contributed by atoms with Gasteiger partial charge in [-0.2, -0.15) is 0 Å². The van der Waals surface area contributed by atoms with Crippen LogP contribution in [0.15, 0.2) is 29.3 Å². The van der Waals surface area contributed by atoms with Crippen molar-refractivity contribution in [3.05, 3.63) is 62.5 Å². The van der Waals surface area contributed by atoms with E-state index in [0.717, 1.165) is 33.5 Å². The molecule has 0 saturated heterocycles. The maximum absolute atomic E-state index is 10.8. The largest absolute Gasteiger partial charge is 0.379 e. The van der Waals surface area contributed by atoms with Crippen molar-refractivity contribution < 1.29 is 5.11 Å². The highest BCUT2D eigenvalue weighted by atomic mass is 35.5. The van der Waals surface area contributed by atoms with Crippen molar-refractivity contribution in [1.29, 1.82) is 0 Å². The van der Waals surface area contributed by atoms with Crippen LogP contribution in [0.2, 0.25) is 5.02 Å². The maximum atomic E-state index is 10.8. The summed E-state index contributed by atoms with van der Waals surface area (Å²) in [5.74, 6) is 1.56. The Labute approximate surface area is 192 Å². The Kier molecular flexibility index (Phi) is 5.81. The van der Waals surface area contributed by atoms with Gasteiger partial charge in [0.05, 0.1) is 5.71 Å². The fourth-order valence-corrected chi connectivity index (χ4v) is 5.26. The van der Waals surface area contributed by atoms with Gasteiger partial charge in [-0.15, -0.1) is 21.5 Å². The maximum Gasteiger partial charge on any atom is 0.163 e. The second kappa shape index (κ2) is 8.13. The molecule has 1 aliphatic rings. The molecule has 164 valence electrons. The molecule has 1 aliphatic heterocycles. The molecule has 1 unspecified atom stereocenters. The van der Waals surface area contributed by atoms with Gasteiger partial charge in [0.15, 0.2) is 5.82 Å². The molecule has 0 radical (unpaired) electrons. The molecule has 0 saturated carbocycles. The summed E-state index contributed by atoms with van der Waals surface area (Å²) < 4.78 is 2.10. The highest BCUT2D eigenvalue weighted by Gasteiger charge is 2.32. The number of hydrogen-bond donors (Lipinski definition) is 2. The molecule has 4 rings (SSSR count). The summed E-state index contributed by atoms with van der Waals surface area (Å²) in [7, 11) is 0. The number of aromatic nitrogens is 3. The van der Waals surface area contributed by atoms with Crippen LogP contribution < -0.4 is 5.32 Å². The van der Waals surface area contributed by atoms with E-state index in [0.29, 0.717) is 11.4 Å². The number of aryl methyl sites for hydroxylation is 2. The number of rotatable bonds is 4. The molecule has 31 heavy (non-hydrogen) atoms. The molecular formula is C23H28ClN5OS. The Morgan fingerprint density at radius 1 is 1.16 bits per heavy atom. The molecule has 2 N–H and O–H groups in total. The fraction of sp³-hybridized carbons (Fsp3) is 0.435. The third-order valence-electron chi connectivity index (χ3n) is 5.40. The van der Waals surface area contributed by atoms with Crippen molar-refractivity contribution >= 4 is 28.6 Å². The minimum atomic E-state index is -0.732. The van der Waals surface area contributed by atoms with E-state index in [1.807, 2.05) is 52.0 Å². The first-order valence-electron chi connectivity index (χ1n) is 10.4. The number of hydrogen-bond acceptors (Lipinski definition) is 6. The monoisotopic (exact) mass is 457 g/mol. The quantitative estimate of drug-likeness (QED) is 0.546. The number of fused-ring (bicyclic) bond motifs is 3. The number of benzene rings is 1. The number of halogens is 1. The number of thiophene rings is 1. The van der Waals surface area contributed by atoms with Gasteiger partial charge in [-0.05, 0) is 59.2 Å². The molecule has 3 heterocycles. The van der Waals surface area contributed by atoms with Crippen LogP contribution in [0.5, 0.6) is 0 Å². The third kappa shape index (κ3) is 4.32. The molecule has 3 aromatic rings. The van der Waals surface area contributed by atoms with Gasteiger partial charge in [-0.1, -0.05) is 23.7 Å². The van der Waals surface area contributed by atoms with Gasteiger partial charge in [0.2, 0.25) is 0 Å². The summed E-state index contributed by atoms with van der Waals surface area (Å²) in [5.41, 5.74) is 3.96. The summed E-state index contributed by atoms with van der Waals surface area (Å²) in [5, 5.41) is 24.6. The van der Waals surface area contributed by atoms with E-state index in [9.17, 15) is 5.11 Å². The van der Waals surface area contributed by atoms with Crippen molar-refractivity contribution in [2.75, 3.05) is 0 Å². The SMILES string of the molecule is Cc1sc2c(c1C)C(c1ccc(Cl)cc1)=N[C@@H](CC(O)NC(C)(C)C)c1nnc(C)n1-2. The fourth-order valence-electron chi connectivity index (χ4n) is 3.92. The van der Waals surface area contributed by atoms with Crippen molar-refractivity contribution in [3.63, 3.8) is 0 Å². The summed E-state index contributed by atoms with van der Waals surface area (Å²) in [6.45, 7) is 12.3. The van der Waals surface area contributed by atoms with Gasteiger partial charge in [-0.3, -0.25) is 14.9 Å². The lowest BCUT2D eigenvalue weighted by Gasteiger charge is -2.26. The minimum absolute atomic E-state index is 0.219. The predicted octanol–water partition coefficient (Wildman–Crippen LogP) is 4.90. The number of nitrogens with one attached hydrogen (secondary N) is 1. The van der Waals surface area contributed by atoms with E-state index >= 15 is 0 Å². The second-order valence-electron chi connectivity index (χ2n) is 9.05. The van der Waals surface area contributed by atoms with Crippen molar-refractivity contribution in [1.82, 2.24) is 20.1 Å². The average molecular weight is 458 g/mol. The molecule has 0 spiro atoms. The van der Waals surface area contributed by atoms with Gasteiger partial charge >= 0.3 is 0 Å². The molecule has 8 heteroatoms. The Bertz CT molecular complexity index is 1140. The first-order chi connectivity index (χ1) is 14.5. The molecule has 2 aromatic heterocycles. The summed E-state index contributed by atoms with van der Waals surface area (Å²) in [4.78, 5) is 6.41. The average Bonchev–Trinajstić information content (AvgIpc) is 3.14.